The van der Waals surface area contributed by atoms with Crippen molar-refractivity contribution in [1.82, 2.24) is 4.90 Å². The quantitative estimate of drug-likeness (QED) is 0.586. The number of nitrogens with zero attached hydrogens (tertiary/aromatic N) is 1. The summed E-state index contributed by atoms with van der Waals surface area (Å²) in [4.78, 5) is 12.9. The summed E-state index contributed by atoms with van der Waals surface area (Å²) in [5.41, 5.74) is 0. The van der Waals surface area contributed by atoms with E-state index in [1.165, 1.54) is 12.0 Å². The summed E-state index contributed by atoms with van der Waals surface area (Å²) >= 11 is 5.46. The van der Waals surface area contributed by atoms with Crippen LogP contribution in [0.15, 0.2) is 0 Å². The van der Waals surface area contributed by atoms with Gasteiger partial charge in [-0.05, 0) is 0 Å². The van der Waals surface area contributed by atoms with Crippen LogP contribution in [0.5, 0.6) is 0 Å². The van der Waals surface area contributed by atoms with Crippen molar-refractivity contribution in [3.05, 3.63) is 0 Å². The second kappa shape index (κ2) is 4.46. The van der Waals surface area contributed by atoms with E-state index in [0.717, 1.165) is 0 Å². The van der Waals surface area contributed by atoms with E-state index in [0.29, 0.717) is 0 Å². The molecule has 0 aromatic carbocycles. The number of ether oxygens (including phenoxy) is 2. The first-order valence-electron chi connectivity index (χ1n) is 5.00. The molecule has 6 nitrogen and oxygen atoms in total. The summed E-state index contributed by atoms with van der Waals surface area (Å²) in [7, 11) is 1.40. The lowest BCUT2D eigenvalue weighted by atomic mass is 10.0. The van der Waals surface area contributed by atoms with Crippen LogP contribution in [0, 0.1) is 0 Å². The molecule has 16 heavy (non-hydrogen) atoms. The van der Waals surface area contributed by atoms with E-state index in [2.05, 4.69) is 0 Å². The van der Waals surface area contributed by atoms with Crippen molar-refractivity contribution in [2.75, 3.05) is 19.5 Å². The van der Waals surface area contributed by atoms with Gasteiger partial charge in [0.25, 0.3) is 0 Å². The topological polar surface area (TPSA) is 79.2 Å². The molecule has 0 unspecified atom stereocenters. The van der Waals surface area contributed by atoms with Crippen LogP contribution in [0.3, 0.4) is 0 Å². The van der Waals surface area contributed by atoms with Crippen molar-refractivity contribution in [3.8, 4) is 0 Å². The van der Waals surface area contributed by atoms with E-state index in [4.69, 9.17) is 21.1 Å². The number of carbonyl (C=O) groups excluding carboxylic acids is 1. The fourth-order valence-electron chi connectivity index (χ4n) is 2.29. The smallest absolute Gasteiger partial charge is 0.238 e. The van der Waals surface area contributed by atoms with Crippen LogP contribution in [0.1, 0.15) is 0 Å². The number of hydrogen-bond acceptors (Lipinski definition) is 5. The Morgan fingerprint density at radius 2 is 2.25 bits per heavy atom. The maximum Gasteiger partial charge on any atom is 0.238 e. The zero-order valence-electron chi connectivity index (χ0n) is 8.75. The van der Waals surface area contributed by atoms with Gasteiger partial charge in [0.15, 0.2) is 6.29 Å². The first-order valence-corrected chi connectivity index (χ1v) is 5.53. The highest BCUT2D eigenvalue weighted by Crippen LogP contribution is 2.32. The maximum absolute atomic E-state index is 11.5. The van der Waals surface area contributed by atoms with Crippen molar-refractivity contribution in [2.45, 2.75) is 30.6 Å². The highest BCUT2D eigenvalue weighted by molar-refractivity contribution is 6.27. The molecule has 0 aromatic heterocycles. The molecule has 5 atom stereocenters. The molecule has 2 fully saturated rings. The average molecular weight is 252 g/mol. The summed E-state index contributed by atoms with van der Waals surface area (Å²) in [6.07, 6.45) is -3.29. The first-order chi connectivity index (χ1) is 7.60. The van der Waals surface area contributed by atoms with Crippen molar-refractivity contribution in [3.63, 3.8) is 0 Å². The highest BCUT2D eigenvalue weighted by Gasteiger charge is 2.54. The lowest BCUT2D eigenvalue weighted by molar-refractivity contribution is -0.248. The molecule has 0 saturated carbocycles. The Labute approximate surface area is 97.7 Å². The Morgan fingerprint density at radius 1 is 1.56 bits per heavy atom. The van der Waals surface area contributed by atoms with Gasteiger partial charge < -0.3 is 24.6 Å². The van der Waals surface area contributed by atoms with Gasteiger partial charge in [0.1, 0.15) is 24.2 Å². The third-order valence-corrected chi connectivity index (χ3v) is 3.30. The minimum Gasteiger partial charge on any atom is -0.388 e. The van der Waals surface area contributed by atoms with E-state index in [-0.39, 0.29) is 18.3 Å². The highest BCUT2D eigenvalue weighted by atomic mass is 35.5. The van der Waals surface area contributed by atoms with Crippen molar-refractivity contribution < 1.29 is 24.5 Å². The van der Waals surface area contributed by atoms with Gasteiger partial charge in [-0.1, -0.05) is 0 Å². The van der Waals surface area contributed by atoms with E-state index < -0.39 is 30.6 Å². The minimum atomic E-state index is -1.06. The number of hydrogen-bond donors (Lipinski definition) is 2. The molecule has 2 saturated heterocycles. The van der Waals surface area contributed by atoms with Crippen LogP contribution < -0.4 is 0 Å². The average Bonchev–Trinajstić information content (AvgIpc) is 2.51. The molecule has 0 spiro atoms. The van der Waals surface area contributed by atoms with Crippen molar-refractivity contribution >= 4 is 17.5 Å². The third-order valence-electron chi connectivity index (χ3n) is 3.07. The lowest BCUT2D eigenvalue weighted by Gasteiger charge is -2.36. The number of aliphatic hydroxyl groups excluding tert-OH is 2. The molecular formula is C9H14ClNO5. The molecule has 0 radical (unpaired) electrons. The Morgan fingerprint density at radius 3 is 2.81 bits per heavy atom. The molecule has 92 valence electrons. The number of rotatable bonds is 2. The van der Waals surface area contributed by atoms with Gasteiger partial charge in [-0.2, -0.15) is 0 Å². The summed E-state index contributed by atoms with van der Waals surface area (Å²) in [6.45, 7) is 0.230. The number of methoxy groups -OCH3 is 1. The molecule has 0 aliphatic carbocycles. The monoisotopic (exact) mass is 251 g/mol. The van der Waals surface area contributed by atoms with Crippen molar-refractivity contribution in [1.29, 1.82) is 0 Å². The molecule has 2 bridgehead atoms. The number of fused-ring (bicyclic) bond motifs is 2. The van der Waals surface area contributed by atoms with E-state index >= 15 is 0 Å². The van der Waals surface area contributed by atoms with Crippen LogP contribution in [0.4, 0.5) is 0 Å². The molecule has 2 rings (SSSR count). The molecule has 0 aromatic rings. The fraction of sp³-hybridized carbons (Fsp3) is 0.889. The summed E-state index contributed by atoms with van der Waals surface area (Å²) in [5, 5.41) is 19.7. The van der Waals surface area contributed by atoms with Crippen molar-refractivity contribution in [2.24, 2.45) is 0 Å². The molecular weight excluding hydrogens is 238 g/mol. The van der Waals surface area contributed by atoms with Gasteiger partial charge in [0.2, 0.25) is 5.91 Å². The molecule has 2 aliphatic heterocycles. The number of carbonyl (C=O) groups is 1. The van der Waals surface area contributed by atoms with Crippen LogP contribution in [0.25, 0.3) is 0 Å². The maximum atomic E-state index is 11.5. The minimum absolute atomic E-state index is 0.180. The van der Waals surface area contributed by atoms with E-state index in [1.54, 1.807) is 0 Å². The molecule has 2 N–H and O–H groups in total. The number of aliphatic hydroxyl groups is 2. The van der Waals surface area contributed by atoms with E-state index in [9.17, 15) is 15.0 Å². The van der Waals surface area contributed by atoms with Crippen LogP contribution in [-0.4, -0.2) is 71.2 Å². The Hall–Kier alpha value is -0.400. The Kier molecular flexibility index (Phi) is 3.37. The number of halogens is 1. The normalized spacial score (nSPS) is 42.5. The molecule has 1 amide bonds. The predicted octanol–water partition coefficient (Wildman–Crippen LogP) is -1.47. The Balaban J connectivity index is 2.20. The zero-order chi connectivity index (χ0) is 11.9. The third kappa shape index (κ3) is 1.70. The SMILES string of the molecule is CO[C@H]1O[C@@H]2CN(C(=O)CCl)[C@H]([C@@H]1O)[C@H]2O. The zero-order valence-corrected chi connectivity index (χ0v) is 9.50. The summed E-state index contributed by atoms with van der Waals surface area (Å²) in [6, 6.07) is -0.699. The van der Waals surface area contributed by atoms with Gasteiger partial charge in [0, 0.05) is 7.11 Å². The molecule has 7 heteroatoms. The van der Waals surface area contributed by atoms with Gasteiger partial charge in [0.05, 0.1) is 12.6 Å². The van der Waals surface area contributed by atoms with Crippen LogP contribution in [-0.2, 0) is 14.3 Å². The Bertz CT molecular complexity index is 289. The number of alkyl halides is 1. The van der Waals surface area contributed by atoms with Gasteiger partial charge in [-0.25, -0.2) is 0 Å². The standard InChI is InChI=1S/C9H14ClNO5/c1-15-9-8(14)6-7(13)4(16-9)3-11(6)5(12)2-10/h4,6-9,13-14H,2-3H2,1H3/t4-,6+,7+,8+,9+/m1/s1. The van der Waals surface area contributed by atoms with Crippen LogP contribution in [0.2, 0.25) is 0 Å². The fourth-order valence-corrected chi connectivity index (χ4v) is 2.44. The van der Waals surface area contributed by atoms with Gasteiger partial charge in [-0.3, -0.25) is 4.79 Å². The van der Waals surface area contributed by atoms with E-state index in [1.807, 2.05) is 0 Å². The molecule has 2 heterocycles. The second-order valence-electron chi connectivity index (χ2n) is 3.93. The number of amides is 1. The second-order valence-corrected chi connectivity index (χ2v) is 4.20. The first kappa shape index (κ1) is 12.1. The van der Waals surface area contributed by atoms with Crippen LogP contribution >= 0.6 is 11.6 Å². The summed E-state index contributed by atoms with van der Waals surface area (Å²) < 4.78 is 10.3. The number of likely N-dealkylation sites (tertiary alicyclic amines) is 1. The van der Waals surface area contributed by atoms with Gasteiger partial charge in [-0.15, -0.1) is 11.6 Å². The lowest BCUT2D eigenvalue weighted by Crippen LogP contribution is -2.57. The predicted molar refractivity (Wildman–Crippen MR) is 53.9 cm³/mol. The largest absolute Gasteiger partial charge is 0.388 e. The summed E-state index contributed by atoms with van der Waals surface area (Å²) in [5.74, 6) is -0.507. The van der Waals surface area contributed by atoms with Gasteiger partial charge >= 0.3 is 0 Å². The molecule has 2 aliphatic rings.